The molecule has 136 valence electrons. The number of hydrogen-bond acceptors (Lipinski definition) is 3. The lowest BCUT2D eigenvalue weighted by Crippen LogP contribution is -2.27. The predicted octanol–water partition coefficient (Wildman–Crippen LogP) is 3.44. The van der Waals surface area contributed by atoms with Crippen molar-refractivity contribution >= 4 is 28.7 Å². The average Bonchev–Trinajstić information content (AvgIpc) is 2.91. The summed E-state index contributed by atoms with van der Waals surface area (Å²) >= 11 is 1.12. The quantitative estimate of drug-likeness (QED) is 0.668. The van der Waals surface area contributed by atoms with Gasteiger partial charge < -0.3 is 9.88 Å². The number of imidazole rings is 1. The maximum Gasteiger partial charge on any atom is 0.230 e. The van der Waals surface area contributed by atoms with E-state index in [4.69, 9.17) is 0 Å². The molecule has 0 saturated heterocycles. The van der Waals surface area contributed by atoms with Crippen molar-refractivity contribution < 1.29 is 18.0 Å². The summed E-state index contributed by atoms with van der Waals surface area (Å²) in [7, 11) is 1.84. The molecule has 1 aromatic heterocycles. The number of halogens is 3. The molecule has 0 unspecified atom stereocenters. The van der Waals surface area contributed by atoms with Gasteiger partial charge in [-0.1, -0.05) is 0 Å². The number of carbonyl (C=O) groups is 1. The number of thioether (sulfide) groups is 1. The highest BCUT2D eigenvalue weighted by atomic mass is 32.2. The normalized spacial score (nSPS) is 11.1. The number of nitrogens with one attached hydrogen (secondary N) is 1. The van der Waals surface area contributed by atoms with E-state index >= 15 is 0 Å². The van der Waals surface area contributed by atoms with E-state index in [-0.39, 0.29) is 17.5 Å². The first-order valence-electron chi connectivity index (χ1n) is 7.89. The van der Waals surface area contributed by atoms with Crippen LogP contribution in [0.4, 0.5) is 13.2 Å². The fourth-order valence-corrected chi connectivity index (χ4v) is 3.28. The van der Waals surface area contributed by atoms with Crippen LogP contribution in [0.15, 0.2) is 41.3 Å². The van der Waals surface area contributed by atoms with E-state index in [0.29, 0.717) is 23.4 Å². The molecule has 3 rings (SSSR count). The first kappa shape index (κ1) is 18.3. The van der Waals surface area contributed by atoms with Crippen LogP contribution < -0.4 is 5.32 Å². The molecule has 4 nitrogen and oxygen atoms in total. The number of amides is 1. The highest BCUT2D eigenvalue weighted by Crippen LogP contribution is 2.20. The van der Waals surface area contributed by atoms with Crippen LogP contribution in [0.2, 0.25) is 0 Å². The highest BCUT2D eigenvalue weighted by Gasteiger charge is 2.10. The monoisotopic (exact) mass is 379 g/mol. The van der Waals surface area contributed by atoms with E-state index in [9.17, 15) is 18.0 Å². The Morgan fingerprint density at radius 1 is 1.15 bits per heavy atom. The van der Waals surface area contributed by atoms with Gasteiger partial charge in [-0.2, -0.15) is 0 Å². The molecular formula is C18H16F3N3OS. The van der Waals surface area contributed by atoms with Crippen LogP contribution in [0.1, 0.15) is 5.82 Å². The second-order valence-electron chi connectivity index (χ2n) is 5.68. The first-order valence-corrected chi connectivity index (χ1v) is 8.88. The lowest BCUT2D eigenvalue weighted by molar-refractivity contribution is -0.118. The van der Waals surface area contributed by atoms with Crippen LogP contribution >= 0.6 is 11.8 Å². The fourth-order valence-electron chi connectivity index (χ4n) is 2.53. The topological polar surface area (TPSA) is 46.9 Å². The number of fused-ring (bicyclic) bond motifs is 1. The minimum atomic E-state index is -0.936. The number of benzene rings is 2. The van der Waals surface area contributed by atoms with Crippen molar-refractivity contribution in [1.82, 2.24) is 14.9 Å². The zero-order valence-corrected chi connectivity index (χ0v) is 14.7. The molecule has 1 amide bonds. The number of nitrogens with zero attached hydrogens (tertiary/aromatic N) is 2. The van der Waals surface area contributed by atoms with Crippen molar-refractivity contribution in [3.63, 3.8) is 0 Å². The Kier molecular flexibility index (Phi) is 5.51. The van der Waals surface area contributed by atoms with E-state index < -0.39 is 11.6 Å². The van der Waals surface area contributed by atoms with Gasteiger partial charge in [-0.15, -0.1) is 11.8 Å². The maximum absolute atomic E-state index is 13.3. The molecule has 0 aliphatic heterocycles. The summed E-state index contributed by atoms with van der Waals surface area (Å²) in [6.07, 6.45) is 0.494. The fraction of sp³-hybridized carbons (Fsp3) is 0.222. The van der Waals surface area contributed by atoms with Crippen LogP contribution in [0.5, 0.6) is 0 Å². The largest absolute Gasteiger partial charge is 0.355 e. The summed E-state index contributed by atoms with van der Waals surface area (Å²) in [4.78, 5) is 16.7. The van der Waals surface area contributed by atoms with E-state index in [1.54, 1.807) is 6.07 Å². The van der Waals surface area contributed by atoms with Crippen molar-refractivity contribution in [2.45, 2.75) is 11.3 Å². The summed E-state index contributed by atoms with van der Waals surface area (Å²) in [5.41, 5.74) is 1.39. The van der Waals surface area contributed by atoms with Crippen LogP contribution in [-0.2, 0) is 18.3 Å². The molecule has 0 saturated carbocycles. The van der Waals surface area contributed by atoms with Gasteiger partial charge in [-0.25, -0.2) is 18.2 Å². The molecule has 1 N–H and O–H groups in total. The first-order chi connectivity index (χ1) is 12.4. The van der Waals surface area contributed by atoms with E-state index in [0.717, 1.165) is 35.2 Å². The smallest absolute Gasteiger partial charge is 0.230 e. The Labute approximate surface area is 152 Å². The van der Waals surface area contributed by atoms with Gasteiger partial charge >= 0.3 is 0 Å². The number of aryl methyl sites for hydroxylation is 1. The lowest BCUT2D eigenvalue weighted by atomic mass is 10.3. The second-order valence-corrected chi connectivity index (χ2v) is 6.73. The third-order valence-corrected chi connectivity index (χ3v) is 4.86. The SMILES string of the molecule is Cn1c(CCNC(=O)CSc2ccc(F)c(F)c2)nc2cc(F)ccc21. The number of aromatic nitrogens is 2. The summed E-state index contributed by atoms with van der Waals surface area (Å²) in [6, 6.07) is 7.93. The second kappa shape index (κ2) is 7.82. The maximum atomic E-state index is 13.3. The van der Waals surface area contributed by atoms with Crippen LogP contribution in [0.3, 0.4) is 0 Å². The minimum absolute atomic E-state index is 0.0961. The van der Waals surface area contributed by atoms with Crippen molar-refractivity contribution in [3.8, 4) is 0 Å². The zero-order valence-electron chi connectivity index (χ0n) is 13.9. The summed E-state index contributed by atoms with van der Waals surface area (Å²) < 4.78 is 41.1. The molecule has 0 atom stereocenters. The van der Waals surface area contributed by atoms with E-state index in [1.807, 2.05) is 11.6 Å². The van der Waals surface area contributed by atoms with Gasteiger partial charge in [0.05, 0.1) is 16.8 Å². The summed E-state index contributed by atoms with van der Waals surface area (Å²) in [6.45, 7) is 0.372. The molecule has 0 bridgehead atoms. The Morgan fingerprint density at radius 3 is 2.73 bits per heavy atom. The molecule has 0 fully saturated rings. The minimum Gasteiger partial charge on any atom is -0.355 e. The van der Waals surface area contributed by atoms with Crippen molar-refractivity contribution in [3.05, 3.63) is 59.7 Å². The van der Waals surface area contributed by atoms with Crippen molar-refractivity contribution in [1.29, 1.82) is 0 Å². The third-order valence-electron chi connectivity index (χ3n) is 3.87. The zero-order chi connectivity index (χ0) is 18.7. The van der Waals surface area contributed by atoms with Crippen molar-refractivity contribution in [2.75, 3.05) is 12.3 Å². The average molecular weight is 379 g/mol. The predicted molar refractivity (Wildman–Crippen MR) is 94.5 cm³/mol. The number of rotatable bonds is 6. The Morgan fingerprint density at radius 2 is 1.96 bits per heavy atom. The van der Waals surface area contributed by atoms with Crippen molar-refractivity contribution in [2.24, 2.45) is 7.05 Å². The van der Waals surface area contributed by atoms with Gasteiger partial charge in [0.15, 0.2) is 11.6 Å². The lowest BCUT2D eigenvalue weighted by Gasteiger charge is -2.06. The summed E-state index contributed by atoms with van der Waals surface area (Å²) in [5, 5.41) is 2.76. The van der Waals surface area contributed by atoms with Gasteiger partial charge in [0.25, 0.3) is 0 Å². The number of carbonyl (C=O) groups excluding carboxylic acids is 1. The molecule has 0 spiro atoms. The van der Waals surface area contributed by atoms with Crippen LogP contribution in [-0.4, -0.2) is 27.8 Å². The molecular weight excluding hydrogens is 363 g/mol. The van der Waals surface area contributed by atoms with Gasteiger partial charge in [-0.05, 0) is 30.3 Å². The molecule has 1 heterocycles. The Hall–Kier alpha value is -2.48. The molecule has 0 aliphatic rings. The summed E-state index contributed by atoms with van der Waals surface area (Å²) in [5.74, 6) is -1.58. The van der Waals surface area contributed by atoms with Crippen LogP contribution in [0, 0.1) is 17.5 Å². The van der Waals surface area contributed by atoms with Gasteiger partial charge in [0.2, 0.25) is 5.91 Å². The van der Waals surface area contributed by atoms with E-state index in [2.05, 4.69) is 10.3 Å². The molecule has 8 heteroatoms. The number of hydrogen-bond donors (Lipinski definition) is 1. The molecule has 3 aromatic rings. The molecule has 26 heavy (non-hydrogen) atoms. The highest BCUT2D eigenvalue weighted by molar-refractivity contribution is 8.00. The standard InChI is InChI=1S/C18H16F3N3OS/c1-24-16-5-2-11(19)8-15(16)23-17(24)6-7-22-18(25)10-26-12-3-4-13(20)14(21)9-12/h2-5,8-9H,6-7,10H2,1H3,(H,22,25). The van der Waals surface area contributed by atoms with E-state index in [1.165, 1.54) is 18.2 Å². The Bertz CT molecular complexity index is 958. The van der Waals surface area contributed by atoms with Gasteiger partial charge in [-0.3, -0.25) is 4.79 Å². The third kappa shape index (κ3) is 4.19. The van der Waals surface area contributed by atoms with Gasteiger partial charge in [0.1, 0.15) is 11.6 Å². The molecule has 0 aliphatic carbocycles. The molecule has 0 radical (unpaired) electrons. The molecule has 2 aromatic carbocycles. The van der Waals surface area contributed by atoms with Gasteiger partial charge in [0, 0.05) is 31.0 Å². The van der Waals surface area contributed by atoms with Crippen LogP contribution in [0.25, 0.3) is 11.0 Å². The Balaban J connectivity index is 1.50.